The lowest BCUT2D eigenvalue weighted by Crippen LogP contribution is -2.07. The summed E-state index contributed by atoms with van der Waals surface area (Å²) in [5.74, 6) is -0.515. The maximum atomic E-state index is 12.9. The van der Waals surface area contributed by atoms with Crippen LogP contribution in [0.4, 0.5) is 0 Å². The molecule has 28 heavy (non-hydrogen) atoms. The molecule has 1 heterocycles. The van der Waals surface area contributed by atoms with Gasteiger partial charge in [0.2, 0.25) is 0 Å². The van der Waals surface area contributed by atoms with E-state index < -0.39 is 15.6 Å². The number of benzene rings is 2. The van der Waals surface area contributed by atoms with Crippen molar-refractivity contribution in [3.05, 3.63) is 80.5 Å². The van der Waals surface area contributed by atoms with Gasteiger partial charge in [0.15, 0.2) is 0 Å². The van der Waals surface area contributed by atoms with Gasteiger partial charge in [-0.05, 0) is 71.7 Å². The maximum Gasteiger partial charge on any atom is 0.285 e. The van der Waals surface area contributed by atoms with Crippen molar-refractivity contribution in [1.82, 2.24) is 9.78 Å². The molecular formula is C20H19BrClN3O2S. The Labute approximate surface area is 178 Å². The number of carbonyl (C=O) groups excluding carboxylic acids is 1. The SMILES string of the molecule is Cc1nn(Cc2cccc(C(=O)N=[S@@](C)(=O)c3ccc(Cl)cc3)c2)c(C)c1Br. The predicted molar refractivity (Wildman–Crippen MR) is 115 cm³/mol. The van der Waals surface area contributed by atoms with Crippen molar-refractivity contribution >= 4 is 43.2 Å². The third kappa shape index (κ3) is 4.54. The minimum absolute atomic E-state index is 0.390. The Hall–Kier alpha value is -1.96. The number of aromatic nitrogens is 2. The summed E-state index contributed by atoms with van der Waals surface area (Å²) in [5.41, 5.74) is 3.22. The fourth-order valence-electron chi connectivity index (χ4n) is 2.76. The minimum Gasteiger partial charge on any atom is -0.266 e. The van der Waals surface area contributed by atoms with E-state index in [1.807, 2.05) is 24.6 Å². The molecule has 1 atom stereocenters. The number of amides is 1. The summed E-state index contributed by atoms with van der Waals surface area (Å²) in [6.07, 6.45) is 1.45. The van der Waals surface area contributed by atoms with E-state index in [0.29, 0.717) is 22.0 Å². The molecule has 0 saturated heterocycles. The van der Waals surface area contributed by atoms with E-state index in [1.165, 1.54) is 6.26 Å². The van der Waals surface area contributed by atoms with E-state index in [9.17, 15) is 9.00 Å². The molecule has 1 aromatic heterocycles. The first-order chi connectivity index (χ1) is 13.2. The predicted octanol–water partition coefficient (Wildman–Crippen LogP) is 5.26. The fourth-order valence-corrected chi connectivity index (χ4v) is 4.33. The molecular weight excluding hydrogens is 462 g/mol. The summed E-state index contributed by atoms with van der Waals surface area (Å²) < 4.78 is 19.7. The zero-order chi connectivity index (χ0) is 20.5. The summed E-state index contributed by atoms with van der Waals surface area (Å²) in [5, 5.41) is 5.03. The Morgan fingerprint density at radius 3 is 2.50 bits per heavy atom. The number of hydrogen-bond acceptors (Lipinski definition) is 3. The molecule has 8 heteroatoms. The Morgan fingerprint density at radius 1 is 1.21 bits per heavy atom. The number of aryl methyl sites for hydroxylation is 1. The molecule has 0 unspecified atom stereocenters. The van der Waals surface area contributed by atoms with Crippen LogP contribution in [0.2, 0.25) is 5.02 Å². The molecule has 0 spiro atoms. The molecule has 0 fully saturated rings. The van der Waals surface area contributed by atoms with Crippen LogP contribution in [0.1, 0.15) is 27.3 Å². The highest BCUT2D eigenvalue weighted by molar-refractivity contribution is 9.10. The number of carbonyl (C=O) groups is 1. The first kappa shape index (κ1) is 20.8. The van der Waals surface area contributed by atoms with Crippen LogP contribution < -0.4 is 0 Å². The van der Waals surface area contributed by atoms with Gasteiger partial charge in [0.1, 0.15) is 0 Å². The Morgan fingerprint density at radius 2 is 1.89 bits per heavy atom. The molecule has 3 rings (SSSR count). The van der Waals surface area contributed by atoms with Gasteiger partial charge in [0.05, 0.1) is 32.1 Å². The van der Waals surface area contributed by atoms with Gasteiger partial charge in [-0.3, -0.25) is 9.48 Å². The summed E-state index contributed by atoms with van der Waals surface area (Å²) in [6.45, 7) is 4.44. The van der Waals surface area contributed by atoms with Gasteiger partial charge < -0.3 is 0 Å². The molecule has 0 saturated carbocycles. The maximum absolute atomic E-state index is 12.9. The van der Waals surface area contributed by atoms with E-state index in [-0.39, 0.29) is 0 Å². The van der Waals surface area contributed by atoms with E-state index in [1.54, 1.807) is 42.5 Å². The average molecular weight is 481 g/mol. The van der Waals surface area contributed by atoms with Crippen molar-refractivity contribution in [2.45, 2.75) is 25.3 Å². The average Bonchev–Trinajstić information content (AvgIpc) is 2.89. The molecule has 146 valence electrons. The molecule has 0 N–H and O–H groups in total. The summed E-state index contributed by atoms with van der Waals surface area (Å²) in [6, 6.07) is 13.6. The van der Waals surface area contributed by atoms with Gasteiger partial charge >= 0.3 is 0 Å². The summed E-state index contributed by atoms with van der Waals surface area (Å²) in [4.78, 5) is 13.1. The Bertz CT molecular complexity index is 1160. The van der Waals surface area contributed by atoms with Crippen LogP contribution in [0.5, 0.6) is 0 Å². The first-order valence-corrected chi connectivity index (χ1v) is 11.6. The quantitative estimate of drug-likeness (QED) is 0.511. The van der Waals surface area contributed by atoms with Gasteiger partial charge in [-0.1, -0.05) is 23.7 Å². The molecule has 0 aliphatic carbocycles. The highest BCUT2D eigenvalue weighted by Gasteiger charge is 2.13. The smallest absolute Gasteiger partial charge is 0.266 e. The van der Waals surface area contributed by atoms with E-state index in [2.05, 4.69) is 25.4 Å². The molecule has 5 nitrogen and oxygen atoms in total. The van der Waals surface area contributed by atoms with E-state index in [0.717, 1.165) is 21.4 Å². The normalized spacial score (nSPS) is 13.2. The van der Waals surface area contributed by atoms with Gasteiger partial charge in [-0.2, -0.15) is 9.46 Å². The van der Waals surface area contributed by atoms with Crippen molar-refractivity contribution < 1.29 is 9.00 Å². The lowest BCUT2D eigenvalue weighted by Gasteiger charge is -2.07. The van der Waals surface area contributed by atoms with Crippen LogP contribution in [0.15, 0.2) is 62.3 Å². The molecule has 0 aliphatic rings. The fraction of sp³-hybridized carbons (Fsp3) is 0.200. The first-order valence-electron chi connectivity index (χ1n) is 8.48. The number of halogens is 2. The number of rotatable bonds is 4. The lowest BCUT2D eigenvalue weighted by molar-refractivity contribution is 0.100. The third-order valence-electron chi connectivity index (χ3n) is 4.31. The van der Waals surface area contributed by atoms with E-state index in [4.69, 9.17) is 11.6 Å². The van der Waals surface area contributed by atoms with E-state index >= 15 is 0 Å². The van der Waals surface area contributed by atoms with Gasteiger partial charge in [-0.15, -0.1) is 0 Å². The Balaban J connectivity index is 1.88. The number of nitrogens with zero attached hydrogens (tertiary/aromatic N) is 3. The highest BCUT2D eigenvalue weighted by atomic mass is 79.9. The van der Waals surface area contributed by atoms with Gasteiger partial charge in [0, 0.05) is 21.7 Å². The second-order valence-corrected chi connectivity index (χ2v) is 9.98. The van der Waals surface area contributed by atoms with Crippen molar-refractivity contribution in [3.8, 4) is 0 Å². The molecule has 1 amide bonds. The van der Waals surface area contributed by atoms with Crippen molar-refractivity contribution in [2.24, 2.45) is 4.36 Å². The van der Waals surface area contributed by atoms with Gasteiger partial charge in [-0.25, -0.2) is 4.21 Å². The largest absolute Gasteiger partial charge is 0.285 e. The molecule has 0 radical (unpaired) electrons. The van der Waals surface area contributed by atoms with Crippen LogP contribution >= 0.6 is 27.5 Å². The van der Waals surface area contributed by atoms with Crippen LogP contribution in [0.25, 0.3) is 0 Å². The lowest BCUT2D eigenvalue weighted by atomic mass is 10.1. The topological polar surface area (TPSA) is 64.3 Å². The summed E-state index contributed by atoms with van der Waals surface area (Å²) >= 11 is 9.39. The second-order valence-electron chi connectivity index (χ2n) is 6.50. The molecule has 3 aromatic rings. The third-order valence-corrected chi connectivity index (χ3v) is 7.37. The van der Waals surface area contributed by atoms with Crippen LogP contribution in [0.3, 0.4) is 0 Å². The van der Waals surface area contributed by atoms with Crippen molar-refractivity contribution in [2.75, 3.05) is 6.26 Å². The standard InChI is InChI=1S/C20H19BrClN3O2S/c1-13-19(21)14(2)25(23-13)12-15-5-4-6-16(11-15)20(26)24-28(3,27)18-9-7-17(22)8-10-18/h4-11H,12H2,1-3H3/t28-/m0/s1. The summed E-state index contributed by atoms with van der Waals surface area (Å²) in [7, 11) is -2.86. The second kappa shape index (κ2) is 8.19. The highest BCUT2D eigenvalue weighted by Crippen LogP contribution is 2.21. The number of hydrogen-bond donors (Lipinski definition) is 0. The van der Waals surface area contributed by atoms with Crippen LogP contribution in [-0.4, -0.2) is 26.2 Å². The van der Waals surface area contributed by atoms with Crippen molar-refractivity contribution in [3.63, 3.8) is 0 Å². The molecule has 0 bridgehead atoms. The molecule has 0 aliphatic heterocycles. The monoisotopic (exact) mass is 479 g/mol. The zero-order valence-electron chi connectivity index (χ0n) is 15.6. The minimum atomic E-state index is -2.86. The molecule has 2 aromatic carbocycles. The van der Waals surface area contributed by atoms with Crippen LogP contribution in [-0.2, 0) is 16.3 Å². The zero-order valence-corrected chi connectivity index (χ0v) is 18.8. The van der Waals surface area contributed by atoms with Gasteiger partial charge in [0.25, 0.3) is 5.91 Å². The van der Waals surface area contributed by atoms with Crippen molar-refractivity contribution in [1.29, 1.82) is 0 Å². The Kier molecular flexibility index (Phi) is 6.07. The van der Waals surface area contributed by atoms with Crippen LogP contribution in [0, 0.1) is 13.8 Å².